The van der Waals surface area contributed by atoms with E-state index in [1.165, 1.54) is 14.0 Å². The van der Waals surface area contributed by atoms with Crippen LogP contribution in [0.2, 0.25) is 0 Å². The molecule has 12 heteroatoms. The number of nitrogens with one attached hydrogen (secondary N) is 1. The molecule has 14 atom stereocenters. The van der Waals surface area contributed by atoms with Gasteiger partial charge in [0.1, 0.15) is 30.0 Å². The largest absolute Gasteiger partial charge is 0.458 e. The standard InChI is InChI=1S/C33H54N2O10/c1-12-21-33(8)25-22(29(40)45-33)34-15-31(25,6)26(38)16(2)14-32(7,41-11)27(18(4)23(36)19(5)28(39)43-21)44-30-24(37)20(35(9)10)13-17(3)42-30/h16-22,24-25,27,30,34,37H,12-15H2,1-11H3/t16-,17-,18+,19-,20+,21-,22-,24-,25-,27-,30+,31-,32+,33-/m1/s1. The lowest BCUT2D eigenvalue weighted by atomic mass is 9.62. The van der Waals surface area contributed by atoms with E-state index in [2.05, 4.69) is 5.32 Å². The molecule has 0 aromatic heterocycles. The number of esters is 2. The average molecular weight is 639 g/mol. The van der Waals surface area contributed by atoms with Crippen molar-refractivity contribution in [2.45, 2.75) is 129 Å². The quantitative estimate of drug-likeness (QED) is 0.334. The Morgan fingerprint density at radius 2 is 1.69 bits per heavy atom. The number of carbonyl (C=O) groups excluding carboxylic acids is 4. The number of likely N-dealkylation sites (N-methyl/N-ethyl adjacent to an activating group) is 1. The Bertz CT molecular complexity index is 1160. The highest BCUT2D eigenvalue weighted by molar-refractivity contribution is 6.00. The molecule has 4 saturated heterocycles. The first kappa shape index (κ1) is 35.9. The maximum absolute atomic E-state index is 14.5. The summed E-state index contributed by atoms with van der Waals surface area (Å²) in [4.78, 5) is 57.2. The van der Waals surface area contributed by atoms with Crippen LogP contribution < -0.4 is 5.32 Å². The fourth-order valence-electron chi connectivity index (χ4n) is 8.63. The number of nitrogens with zero attached hydrogens (tertiary/aromatic N) is 1. The first-order valence-electron chi connectivity index (χ1n) is 16.3. The molecule has 0 bridgehead atoms. The Hall–Kier alpha value is -1.96. The highest BCUT2D eigenvalue weighted by Gasteiger charge is 2.69. The maximum atomic E-state index is 14.5. The van der Waals surface area contributed by atoms with Gasteiger partial charge in [-0.3, -0.25) is 19.2 Å². The van der Waals surface area contributed by atoms with Gasteiger partial charge in [-0.15, -0.1) is 0 Å². The predicted octanol–water partition coefficient (Wildman–Crippen LogP) is 1.88. The van der Waals surface area contributed by atoms with Gasteiger partial charge < -0.3 is 39.0 Å². The molecular weight excluding hydrogens is 584 g/mol. The van der Waals surface area contributed by atoms with E-state index in [0.29, 0.717) is 12.8 Å². The number of ether oxygens (including phenoxy) is 5. The van der Waals surface area contributed by atoms with Gasteiger partial charge in [-0.2, -0.15) is 0 Å². The van der Waals surface area contributed by atoms with Crippen LogP contribution in [0.4, 0.5) is 0 Å². The summed E-state index contributed by atoms with van der Waals surface area (Å²) in [5, 5.41) is 14.5. The minimum absolute atomic E-state index is 0.102. The zero-order valence-corrected chi connectivity index (χ0v) is 28.7. The van der Waals surface area contributed by atoms with Crippen molar-refractivity contribution in [2.75, 3.05) is 27.7 Å². The number of ketones is 2. The van der Waals surface area contributed by atoms with Crippen molar-refractivity contribution in [1.82, 2.24) is 10.2 Å². The van der Waals surface area contributed by atoms with Crippen LogP contribution >= 0.6 is 0 Å². The van der Waals surface area contributed by atoms with Crippen LogP contribution in [0.15, 0.2) is 0 Å². The second kappa shape index (κ2) is 12.9. The molecule has 4 heterocycles. The van der Waals surface area contributed by atoms with Crippen molar-refractivity contribution in [3.8, 4) is 0 Å². The minimum atomic E-state index is -1.29. The Morgan fingerprint density at radius 3 is 2.27 bits per heavy atom. The van der Waals surface area contributed by atoms with E-state index in [0.717, 1.165) is 0 Å². The molecule has 0 aliphatic carbocycles. The number of carbonyl (C=O) groups is 4. The van der Waals surface area contributed by atoms with Crippen LogP contribution in [-0.4, -0.2) is 115 Å². The van der Waals surface area contributed by atoms with Crippen LogP contribution in [-0.2, 0) is 42.9 Å². The lowest BCUT2D eigenvalue weighted by Crippen LogP contribution is -2.60. The van der Waals surface area contributed by atoms with Crippen LogP contribution in [0.25, 0.3) is 0 Å². The highest BCUT2D eigenvalue weighted by atomic mass is 16.7. The van der Waals surface area contributed by atoms with E-state index < -0.39 is 88.7 Å². The Morgan fingerprint density at radius 1 is 1.04 bits per heavy atom. The average Bonchev–Trinajstić information content (AvgIpc) is 3.49. The van der Waals surface area contributed by atoms with Gasteiger partial charge in [-0.05, 0) is 61.1 Å². The topological polar surface area (TPSA) is 150 Å². The fraction of sp³-hybridized carbons (Fsp3) is 0.879. The molecule has 0 spiro atoms. The molecule has 4 fully saturated rings. The molecule has 4 aliphatic rings. The molecule has 0 unspecified atom stereocenters. The van der Waals surface area contributed by atoms with Gasteiger partial charge in [0.2, 0.25) is 0 Å². The van der Waals surface area contributed by atoms with E-state index in [1.54, 1.807) is 20.8 Å². The van der Waals surface area contributed by atoms with E-state index in [-0.39, 0.29) is 30.9 Å². The Balaban J connectivity index is 1.80. The van der Waals surface area contributed by atoms with E-state index >= 15 is 0 Å². The number of aliphatic hydroxyl groups excluding tert-OH is 1. The number of cyclic esters (lactones) is 1. The third kappa shape index (κ3) is 6.11. The van der Waals surface area contributed by atoms with Crippen molar-refractivity contribution in [2.24, 2.45) is 29.1 Å². The second-order valence-corrected chi connectivity index (χ2v) is 14.7. The zero-order chi connectivity index (χ0) is 33.8. The van der Waals surface area contributed by atoms with Gasteiger partial charge in [-0.1, -0.05) is 27.7 Å². The summed E-state index contributed by atoms with van der Waals surface area (Å²) >= 11 is 0. The molecule has 4 rings (SSSR count). The molecule has 0 aromatic carbocycles. The third-order valence-electron chi connectivity index (χ3n) is 11.2. The Labute approximate surface area is 267 Å². The molecule has 0 aromatic rings. The summed E-state index contributed by atoms with van der Waals surface area (Å²) in [6, 6.07) is -0.997. The molecule has 2 N–H and O–H groups in total. The SMILES string of the molecule is CC[C@H]1OC(=O)[C@H](C)C(=O)[C@H](C)[C@@H](O[C@@H]2O[C@H](C)C[C@H](N(C)C)[C@H]2O)[C@@](C)(OC)C[C@@H](C)C(=O)[C@]2(C)CN[C@H]3C(=O)O[C@@]1(C)[C@H]32. The summed E-state index contributed by atoms with van der Waals surface area (Å²) in [6.45, 7) is 14.3. The van der Waals surface area contributed by atoms with Gasteiger partial charge in [0.15, 0.2) is 17.7 Å². The molecule has 0 amide bonds. The zero-order valence-electron chi connectivity index (χ0n) is 28.7. The normalized spacial score (nSPS) is 48.2. The third-order valence-corrected chi connectivity index (χ3v) is 11.2. The van der Waals surface area contributed by atoms with Crippen LogP contribution in [0, 0.1) is 29.1 Å². The highest BCUT2D eigenvalue weighted by Crippen LogP contribution is 2.53. The molecule has 0 saturated carbocycles. The minimum Gasteiger partial charge on any atom is -0.458 e. The predicted molar refractivity (Wildman–Crippen MR) is 163 cm³/mol. The number of aliphatic hydroxyl groups is 1. The van der Waals surface area contributed by atoms with E-state index in [4.69, 9.17) is 23.7 Å². The molecule has 4 aliphatic heterocycles. The summed E-state index contributed by atoms with van der Waals surface area (Å²) < 4.78 is 30.7. The van der Waals surface area contributed by atoms with Crippen molar-refractivity contribution >= 4 is 23.5 Å². The molecular formula is C33H54N2O10. The monoisotopic (exact) mass is 638 g/mol. The van der Waals surface area contributed by atoms with Gasteiger partial charge in [0.25, 0.3) is 0 Å². The van der Waals surface area contributed by atoms with Crippen molar-refractivity contribution in [3.05, 3.63) is 0 Å². The van der Waals surface area contributed by atoms with Gasteiger partial charge >= 0.3 is 11.9 Å². The summed E-state index contributed by atoms with van der Waals surface area (Å²) in [5.41, 5.74) is -3.55. The number of Topliss-reactive ketones (excluding diaryl/α,β-unsaturated/α-hetero) is 2. The number of hydrogen-bond acceptors (Lipinski definition) is 12. The molecule has 256 valence electrons. The van der Waals surface area contributed by atoms with Crippen molar-refractivity contribution in [3.63, 3.8) is 0 Å². The molecule has 45 heavy (non-hydrogen) atoms. The first-order chi connectivity index (χ1) is 20.9. The number of hydrogen-bond donors (Lipinski definition) is 2. The molecule has 0 radical (unpaired) electrons. The lowest BCUT2D eigenvalue weighted by molar-refractivity contribution is -0.295. The van der Waals surface area contributed by atoms with Crippen molar-refractivity contribution in [1.29, 1.82) is 0 Å². The second-order valence-electron chi connectivity index (χ2n) is 14.7. The summed E-state index contributed by atoms with van der Waals surface area (Å²) in [7, 11) is 5.24. The smallest absolute Gasteiger partial charge is 0.324 e. The van der Waals surface area contributed by atoms with Crippen LogP contribution in [0.3, 0.4) is 0 Å². The van der Waals surface area contributed by atoms with Crippen LogP contribution in [0.1, 0.15) is 74.7 Å². The van der Waals surface area contributed by atoms with Gasteiger partial charge in [-0.25, -0.2) is 0 Å². The van der Waals surface area contributed by atoms with E-state index in [9.17, 15) is 24.3 Å². The Kier molecular flexibility index (Phi) is 10.3. The van der Waals surface area contributed by atoms with Crippen LogP contribution in [0.5, 0.6) is 0 Å². The summed E-state index contributed by atoms with van der Waals surface area (Å²) in [5.74, 6) is -5.10. The number of methoxy groups -OCH3 is 1. The van der Waals surface area contributed by atoms with Gasteiger partial charge in [0.05, 0.1) is 17.8 Å². The van der Waals surface area contributed by atoms with Crippen molar-refractivity contribution < 1.29 is 48.0 Å². The number of rotatable bonds is 5. The van der Waals surface area contributed by atoms with E-state index in [1.807, 2.05) is 46.7 Å². The summed E-state index contributed by atoms with van der Waals surface area (Å²) in [6.07, 6.45) is -3.20. The molecule has 12 nitrogen and oxygen atoms in total. The lowest BCUT2D eigenvalue weighted by Gasteiger charge is -2.47. The first-order valence-corrected chi connectivity index (χ1v) is 16.3. The van der Waals surface area contributed by atoms with Gasteiger partial charge in [0, 0.05) is 42.9 Å². The fourth-order valence-corrected chi connectivity index (χ4v) is 8.63. The maximum Gasteiger partial charge on any atom is 0.324 e.